The highest BCUT2D eigenvalue weighted by Gasteiger charge is 2.25. The predicted octanol–water partition coefficient (Wildman–Crippen LogP) is 3.72. The molecule has 1 N–H and O–H groups in total. The first kappa shape index (κ1) is 13.9. The first-order valence-corrected chi connectivity index (χ1v) is 8.17. The molecule has 1 aliphatic carbocycles. The Morgan fingerprint density at radius 2 is 2.17 bits per heavy atom. The molecular formula is C14H25N3S. The van der Waals surface area contributed by atoms with Crippen molar-refractivity contribution in [1.82, 2.24) is 14.9 Å². The third kappa shape index (κ3) is 4.02. The molecule has 1 atom stereocenters. The lowest BCUT2D eigenvalue weighted by Gasteiger charge is -2.17. The SMILES string of the molecule is CCCNC(CCC1CC1)c1snnc1CCC. The first-order chi connectivity index (χ1) is 8.85. The molecule has 0 spiro atoms. The molecule has 1 fully saturated rings. The van der Waals surface area contributed by atoms with E-state index in [2.05, 4.69) is 28.8 Å². The summed E-state index contributed by atoms with van der Waals surface area (Å²) in [7, 11) is 0. The molecule has 0 aliphatic heterocycles. The summed E-state index contributed by atoms with van der Waals surface area (Å²) in [5, 5.41) is 7.99. The molecule has 1 aromatic rings. The van der Waals surface area contributed by atoms with Crippen LogP contribution in [0.5, 0.6) is 0 Å². The minimum atomic E-state index is 0.493. The normalized spacial score (nSPS) is 17.0. The van der Waals surface area contributed by atoms with Crippen LogP contribution in [0.25, 0.3) is 0 Å². The van der Waals surface area contributed by atoms with E-state index >= 15 is 0 Å². The maximum absolute atomic E-state index is 4.31. The van der Waals surface area contributed by atoms with Gasteiger partial charge in [-0.1, -0.05) is 37.6 Å². The molecule has 1 saturated carbocycles. The highest BCUT2D eigenvalue weighted by Crippen LogP contribution is 2.36. The lowest BCUT2D eigenvalue weighted by atomic mass is 10.0. The van der Waals surface area contributed by atoms with Crippen LogP contribution in [-0.4, -0.2) is 16.1 Å². The quantitative estimate of drug-likeness (QED) is 0.741. The molecule has 0 saturated heterocycles. The Labute approximate surface area is 115 Å². The zero-order valence-electron chi connectivity index (χ0n) is 11.6. The second-order valence-electron chi connectivity index (χ2n) is 5.36. The highest BCUT2D eigenvalue weighted by atomic mass is 32.1. The van der Waals surface area contributed by atoms with Crippen LogP contribution in [0, 0.1) is 5.92 Å². The number of nitrogens with zero attached hydrogens (tertiary/aromatic N) is 2. The fourth-order valence-electron chi connectivity index (χ4n) is 2.34. The minimum absolute atomic E-state index is 0.493. The lowest BCUT2D eigenvalue weighted by Crippen LogP contribution is -2.22. The van der Waals surface area contributed by atoms with Gasteiger partial charge in [-0.2, -0.15) is 0 Å². The Kier molecular flexibility index (Phi) is 5.57. The Hall–Kier alpha value is -0.480. The van der Waals surface area contributed by atoms with Crippen molar-refractivity contribution in [2.75, 3.05) is 6.54 Å². The standard InChI is InChI=1S/C14H25N3S/c1-3-5-13-14(18-17-16-13)12(15-10-4-2)9-8-11-6-7-11/h11-12,15H,3-10H2,1-2H3. The maximum Gasteiger partial charge on any atom is 0.0803 e. The Balaban J connectivity index is 1.97. The third-order valence-corrected chi connectivity index (χ3v) is 4.47. The van der Waals surface area contributed by atoms with Crippen molar-refractivity contribution in [3.05, 3.63) is 10.6 Å². The van der Waals surface area contributed by atoms with Crippen molar-refractivity contribution in [2.24, 2.45) is 5.92 Å². The maximum atomic E-state index is 4.31. The number of hydrogen-bond acceptors (Lipinski definition) is 4. The monoisotopic (exact) mass is 267 g/mol. The van der Waals surface area contributed by atoms with E-state index in [1.807, 2.05) is 0 Å². The van der Waals surface area contributed by atoms with E-state index < -0.39 is 0 Å². The largest absolute Gasteiger partial charge is 0.309 e. The molecule has 4 heteroatoms. The van der Waals surface area contributed by atoms with E-state index in [1.54, 1.807) is 11.5 Å². The number of nitrogens with one attached hydrogen (secondary N) is 1. The van der Waals surface area contributed by atoms with Crippen LogP contribution < -0.4 is 5.32 Å². The average molecular weight is 267 g/mol. The van der Waals surface area contributed by atoms with Gasteiger partial charge in [-0.3, -0.25) is 0 Å². The second kappa shape index (κ2) is 7.19. The molecule has 0 amide bonds. The zero-order chi connectivity index (χ0) is 12.8. The second-order valence-corrected chi connectivity index (χ2v) is 6.15. The van der Waals surface area contributed by atoms with E-state index in [4.69, 9.17) is 0 Å². The highest BCUT2D eigenvalue weighted by molar-refractivity contribution is 7.05. The molecule has 3 nitrogen and oxygen atoms in total. The van der Waals surface area contributed by atoms with E-state index in [1.165, 1.54) is 42.7 Å². The summed E-state index contributed by atoms with van der Waals surface area (Å²) < 4.78 is 4.16. The van der Waals surface area contributed by atoms with Crippen LogP contribution in [0.15, 0.2) is 0 Å². The number of aromatic nitrogens is 2. The molecule has 1 unspecified atom stereocenters. The fraction of sp³-hybridized carbons (Fsp3) is 0.857. The van der Waals surface area contributed by atoms with Gasteiger partial charge in [0.2, 0.25) is 0 Å². The molecule has 1 aromatic heterocycles. The van der Waals surface area contributed by atoms with Gasteiger partial charge >= 0.3 is 0 Å². The molecule has 2 rings (SSSR count). The van der Waals surface area contributed by atoms with Crippen molar-refractivity contribution in [1.29, 1.82) is 0 Å². The summed E-state index contributed by atoms with van der Waals surface area (Å²) in [5.74, 6) is 1.01. The fourth-order valence-corrected chi connectivity index (χ4v) is 3.15. The Morgan fingerprint density at radius 3 is 2.83 bits per heavy atom. The van der Waals surface area contributed by atoms with Crippen molar-refractivity contribution >= 4 is 11.5 Å². The van der Waals surface area contributed by atoms with Crippen molar-refractivity contribution in [3.8, 4) is 0 Å². The molecule has 102 valence electrons. The van der Waals surface area contributed by atoms with Crippen LogP contribution in [0.3, 0.4) is 0 Å². The molecule has 0 aromatic carbocycles. The van der Waals surface area contributed by atoms with Gasteiger partial charge in [0.25, 0.3) is 0 Å². The molecule has 1 heterocycles. The predicted molar refractivity (Wildman–Crippen MR) is 76.9 cm³/mol. The smallest absolute Gasteiger partial charge is 0.0803 e. The number of hydrogen-bond donors (Lipinski definition) is 1. The molecular weight excluding hydrogens is 242 g/mol. The number of aryl methyl sites for hydroxylation is 1. The summed E-state index contributed by atoms with van der Waals surface area (Å²) in [6.45, 7) is 5.53. The van der Waals surface area contributed by atoms with Crippen LogP contribution >= 0.6 is 11.5 Å². The summed E-state index contributed by atoms with van der Waals surface area (Å²) in [5.41, 5.74) is 1.23. The summed E-state index contributed by atoms with van der Waals surface area (Å²) in [6.07, 6.45) is 8.93. The van der Waals surface area contributed by atoms with Crippen molar-refractivity contribution in [3.63, 3.8) is 0 Å². The molecule has 0 radical (unpaired) electrons. The summed E-state index contributed by atoms with van der Waals surface area (Å²) in [4.78, 5) is 1.39. The summed E-state index contributed by atoms with van der Waals surface area (Å²) in [6, 6.07) is 0.493. The van der Waals surface area contributed by atoms with Gasteiger partial charge in [-0.15, -0.1) is 5.10 Å². The van der Waals surface area contributed by atoms with Gasteiger partial charge in [0.05, 0.1) is 10.6 Å². The topological polar surface area (TPSA) is 37.8 Å². The molecule has 0 bridgehead atoms. The van der Waals surface area contributed by atoms with Gasteiger partial charge in [0, 0.05) is 6.04 Å². The van der Waals surface area contributed by atoms with Gasteiger partial charge in [0.15, 0.2) is 0 Å². The number of rotatable bonds is 9. The average Bonchev–Trinajstić information content (AvgIpc) is 3.10. The molecule has 1 aliphatic rings. The zero-order valence-corrected chi connectivity index (χ0v) is 12.4. The van der Waals surface area contributed by atoms with E-state index in [0.29, 0.717) is 6.04 Å². The van der Waals surface area contributed by atoms with Crippen molar-refractivity contribution in [2.45, 2.75) is 64.8 Å². The van der Waals surface area contributed by atoms with E-state index in [-0.39, 0.29) is 0 Å². The lowest BCUT2D eigenvalue weighted by molar-refractivity contribution is 0.472. The Bertz CT molecular complexity index is 347. The van der Waals surface area contributed by atoms with Crippen LogP contribution in [0.1, 0.15) is 69.0 Å². The van der Waals surface area contributed by atoms with E-state index in [0.717, 1.165) is 25.3 Å². The Morgan fingerprint density at radius 1 is 1.33 bits per heavy atom. The van der Waals surface area contributed by atoms with Gasteiger partial charge < -0.3 is 5.32 Å². The van der Waals surface area contributed by atoms with Gasteiger partial charge in [-0.05, 0) is 49.7 Å². The first-order valence-electron chi connectivity index (χ1n) is 7.39. The van der Waals surface area contributed by atoms with Crippen LogP contribution in [0.4, 0.5) is 0 Å². The summed E-state index contributed by atoms with van der Waals surface area (Å²) >= 11 is 1.60. The molecule has 18 heavy (non-hydrogen) atoms. The van der Waals surface area contributed by atoms with E-state index in [9.17, 15) is 0 Å². The van der Waals surface area contributed by atoms with Gasteiger partial charge in [-0.25, -0.2) is 0 Å². The minimum Gasteiger partial charge on any atom is -0.309 e. The third-order valence-electron chi connectivity index (χ3n) is 3.59. The van der Waals surface area contributed by atoms with Gasteiger partial charge in [0.1, 0.15) is 0 Å². The van der Waals surface area contributed by atoms with Crippen molar-refractivity contribution < 1.29 is 0 Å². The van der Waals surface area contributed by atoms with Crippen LogP contribution in [-0.2, 0) is 6.42 Å². The van der Waals surface area contributed by atoms with Crippen LogP contribution in [0.2, 0.25) is 0 Å².